The molecule has 2 saturated heterocycles. The van der Waals surface area contributed by atoms with E-state index in [1.807, 2.05) is 34.1 Å². The molecular weight excluding hydrogens is 320 g/mol. The van der Waals surface area contributed by atoms with Gasteiger partial charge in [0.05, 0.1) is 7.11 Å². The molecule has 25 heavy (non-hydrogen) atoms. The summed E-state index contributed by atoms with van der Waals surface area (Å²) in [6, 6.07) is 7.85. The van der Waals surface area contributed by atoms with E-state index in [-0.39, 0.29) is 23.8 Å². The van der Waals surface area contributed by atoms with Gasteiger partial charge in [0.25, 0.3) is 0 Å². The number of benzene rings is 1. The predicted molar refractivity (Wildman–Crippen MR) is 93.2 cm³/mol. The molecule has 0 N–H and O–H groups in total. The highest BCUT2D eigenvalue weighted by Crippen LogP contribution is 2.41. The number of carbonyl (C=O) groups excluding carboxylic acids is 2. The summed E-state index contributed by atoms with van der Waals surface area (Å²) >= 11 is 0. The van der Waals surface area contributed by atoms with Crippen LogP contribution in [0.5, 0.6) is 5.75 Å². The highest BCUT2D eigenvalue weighted by molar-refractivity contribution is 5.80. The first-order valence-corrected chi connectivity index (χ1v) is 8.73. The highest BCUT2D eigenvalue weighted by Gasteiger charge is 2.45. The van der Waals surface area contributed by atoms with Crippen molar-refractivity contribution in [3.8, 4) is 5.75 Å². The molecule has 0 aliphatic carbocycles. The van der Waals surface area contributed by atoms with Gasteiger partial charge in [-0.15, -0.1) is 0 Å². The second kappa shape index (κ2) is 7.44. The minimum absolute atomic E-state index is 0.0137. The van der Waals surface area contributed by atoms with Crippen LogP contribution in [0.15, 0.2) is 24.3 Å². The van der Waals surface area contributed by atoms with Gasteiger partial charge in [-0.2, -0.15) is 0 Å². The van der Waals surface area contributed by atoms with Gasteiger partial charge >= 0.3 is 0 Å². The first kappa shape index (κ1) is 17.7. The van der Waals surface area contributed by atoms with Crippen LogP contribution in [0.2, 0.25) is 0 Å². The Labute approximate surface area is 148 Å². The molecule has 2 fully saturated rings. The number of likely N-dealkylation sites (tertiary alicyclic amines) is 2. The number of hydrogen-bond acceptors (Lipinski definition) is 4. The zero-order chi connectivity index (χ0) is 17.9. The Kier molecular flexibility index (Phi) is 5.27. The Morgan fingerprint density at radius 1 is 1.24 bits per heavy atom. The van der Waals surface area contributed by atoms with Crippen molar-refractivity contribution in [1.82, 2.24) is 9.80 Å². The smallest absolute Gasteiger partial charge is 0.248 e. The lowest BCUT2D eigenvalue weighted by Gasteiger charge is -2.38. The number of nitrogens with zero attached hydrogens (tertiary/aromatic N) is 2. The molecule has 136 valence electrons. The van der Waals surface area contributed by atoms with Crippen molar-refractivity contribution in [3.05, 3.63) is 29.8 Å². The molecule has 0 bridgehead atoms. The second-order valence-corrected chi connectivity index (χ2v) is 7.09. The molecule has 6 nitrogen and oxygen atoms in total. The molecule has 1 spiro atoms. The molecule has 6 heteroatoms. The van der Waals surface area contributed by atoms with E-state index < -0.39 is 0 Å². The molecule has 1 aromatic carbocycles. The van der Waals surface area contributed by atoms with Crippen LogP contribution in [0.4, 0.5) is 0 Å². The fourth-order valence-corrected chi connectivity index (χ4v) is 3.90. The monoisotopic (exact) mass is 346 g/mol. The zero-order valence-electron chi connectivity index (χ0n) is 15.0. The standard InChI is InChI=1S/C19H26N2O4/c1-24-13-18(23)20-8-6-19(7-9-20)11-17(22)21(14-19)12-15-4-3-5-16(10-15)25-2/h3-5,10H,6-9,11-14H2,1-2H3. The van der Waals surface area contributed by atoms with Gasteiger partial charge < -0.3 is 19.3 Å². The quantitative estimate of drug-likeness (QED) is 0.814. The maximum Gasteiger partial charge on any atom is 0.248 e. The molecule has 1 aromatic rings. The van der Waals surface area contributed by atoms with Crippen molar-refractivity contribution >= 4 is 11.8 Å². The lowest BCUT2D eigenvalue weighted by atomic mass is 9.77. The summed E-state index contributed by atoms with van der Waals surface area (Å²) < 4.78 is 10.2. The van der Waals surface area contributed by atoms with Gasteiger partial charge in [-0.25, -0.2) is 0 Å². The molecule has 2 heterocycles. The minimum Gasteiger partial charge on any atom is -0.497 e. The number of methoxy groups -OCH3 is 2. The summed E-state index contributed by atoms with van der Waals surface area (Å²) in [6.45, 7) is 2.94. The van der Waals surface area contributed by atoms with Crippen LogP contribution in [0.1, 0.15) is 24.8 Å². The predicted octanol–water partition coefficient (Wildman–Crippen LogP) is 1.68. The van der Waals surface area contributed by atoms with E-state index in [9.17, 15) is 9.59 Å². The van der Waals surface area contributed by atoms with Crippen LogP contribution in [-0.4, -0.2) is 62.1 Å². The third kappa shape index (κ3) is 3.95. The molecule has 0 radical (unpaired) electrons. The van der Waals surface area contributed by atoms with E-state index in [0.717, 1.165) is 30.7 Å². The van der Waals surface area contributed by atoms with E-state index in [1.54, 1.807) is 7.11 Å². The third-order valence-electron chi connectivity index (χ3n) is 5.36. The van der Waals surface area contributed by atoms with Crippen molar-refractivity contribution < 1.29 is 19.1 Å². The van der Waals surface area contributed by atoms with Crippen LogP contribution >= 0.6 is 0 Å². The maximum absolute atomic E-state index is 12.5. The van der Waals surface area contributed by atoms with Gasteiger partial charge in [0, 0.05) is 45.1 Å². The van der Waals surface area contributed by atoms with Crippen molar-refractivity contribution in [2.45, 2.75) is 25.8 Å². The van der Waals surface area contributed by atoms with Crippen LogP contribution in [-0.2, 0) is 20.9 Å². The average Bonchev–Trinajstić information content (AvgIpc) is 2.91. The van der Waals surface area contributed by atoms with Gasteiger partial charge in [0.15, 0.2) is 0 Å². The number of amides is 2. The number of rotatable bonds is 5. The first-order valence-electron chi connectivity index (χ1n) is 8.73. The number of piperidine rings is 1. The molecule has 0 unspecified atom stereocenters. The van der Waals surface area contributed by atoms with Crippen LogP contribution in [0, 0.1) is 5.41 Å². The minimum atomic E-state index is 0.0137. The Balaban J connectivity index is 1.60. The molecular formula is C19H26N2O4. The average molecular weight is 346 g/mol. The molecule has 0 atom stereocenters. The summed E-state index contributed by atoms with van der Waals surface area (Å²) in [5, 5.41) is 0. The molecule has 3 rings (SSSR count). The summed E-state index contributed by atoms with van der Waals surface area (Å²) in [5.74, 6) is 1.05. The van der Waals surface area contributed by atoms with Gasteiger partial charge in [-0.1, -0.05) is 12.1 Å². The van der Waals surface area contributed by atoms with Crippen molar-refractivity contribution in [3.63, 3.8) is 0 Å². The molecule has 2 amide bonds. The number of hydrogen-bond donors (Lipinski definition) is 0. The lowest BCUT2D eigenvalue weighted by molar-refractivity contribution is -0.137. The van der Waals surface area contributed by atoms with Crippen LogP contribution in [0.25, 0.3) is 0 Å². The van der Waals surface area contributed by atoms with Crippen LogP contribution < -0.4 is 4.74 Å². The number of carbonyl (C=O) groups is 2. The van der Waals surface area contributed by atoms with Crippen molar-refractivity contribution in [1.29, 1.82) is 0 Å². The Morgan fingerprint density at radius 2 is 2.00 bits per heavy atom. The normalized spacial score (nSPS) is 19.5. The Bertz CT molecular complexity index is 638. The van der Waals surface area contributed by atoms with Gasteiger partial charge in [0.1, 0.15) is 12.4 Å². The Morgan fingerprint density at radius 3 is 2.68 bits per heavy atom. The molecule has 2 aliphatic rings. The largest absolute Gasteiger partial charge is 0.497 e. The van der Waals surface area contributed by atoms with E-state index in [2.05, 4.69) is 0 Å². The Hall–Kier alpha value is -2.08. The fraction of sp³-hybridized carbons (Fsp3) is 0.579. The SMILES string of the molecule is COCC(=O)N1CCC2(CC1)CC(=O)N(Cc1cccc(OC)c1)C2. The van der Waals surface area contributed by atoms with Gasteiger partial charge in [0.2, 0.25) is 11.8 Å². The lowest BCUT2D eigenvalue weighted by Crippen LogP contribution is -2.45. The molecule has 0 saturated carbocycles. The van der Waals surface area contributed by atoms with Crippen molar-refractivity contribution in [2.24, 2.45) is 5.41 Å². The van der Waals surface area contributed by atoms with Crippen LogP contribution in [0.3, 0.4) is 0 Å². The van der Waals surface area contributed by atoms with Crippen molar-refractivity contribution in [2.75, 3.05) is 40.5 Å². The van der Waals surface area contributed by atoms with E-state index in [0.29, 0.717) is 26.1 Å². The summed E-state index contributed by atoms with van der Waals surface area (Å²) in [5.41, 5.74) is 1.09. The number of ether oxygens (including phenoxy) is 2. The highest BCUT2D eigenvalue weighted by atomic mass is 16.5. The maximum atomic E-state index is 12.5. The first-order chi connectivity index (χ1) is 12.0. The van der Waals surface area contributed by atoms with Gasteiger partial charge in [-0.05, 0) is 30.5 Å². The summed E-state index contributed by atoms with van der Waals surface area (Å²) in [6.07, 6.45) is 2.34. The fourth-order valence-electron chi connectivity index (χ4n) is 3.90. The van der Waals surface area contributed by atoms with E-state index >= 15 is 0 Å². The molecule has 2 aliphatic heterocycles. The van der Waals surface area contributed by atoms with Gasteiger partial charge in [-0.3, -0.25) is 9.59 Å². The third-order valence-corrected chi connectivity index (χ3v) is 5.36. The van der Waals surface area contributed by atoms with E-state index in [4.69, 9.17) is 9.47 Å². The topological polar surface area (TPSA) is 59.1 Å². The summed E-state index contributed by atoms with van der Waals surface area (Å²) in [4.78, 5) is 28.3. The second-order valence-electron chi connectivity index (χ2n) is 7.09. The zero-order valence-corrected chi connectivity index (χ0v) is 15.0. The molecule has 0 aromatic heterocycles. The van der Waals surface area contributed by atoms with E-state index in [1.165, 1.54) is 7.11 Å². The summed E-state index contributed by atoms with van der Waals surface area (Å²) in [7, 11) is 3.18.